The molecule has 4 rings (SSSR count). The third-order valence-corrected chi connectivity index (χ3v) is 4.39. The standard InChI is InChI=1S/C22H15F3N4O2/c1-30-19-11-15(23)4-6-17(19)18-3-2-8-27-21(18)31-16-5-7-20(28-12-16)22(24,25)13-29-10-9-26-14-29/h3-7,9-12,14H,13H2,1H3. The van der Waals surface area contributed by atoms with E-state index in [1.807, 2.05) is 0 Å². The van der Waals surface area contributed by atoms with Gasteiger partial charge in [-0.3, -0.25) is 4.98 Å². The van der Waals surface area contributed by atoms with Crippen molar-refractivity contribution in [1.29, 1.82) is 0 Å². The van der Waals surface area contributed by atoms with Crippen LogP contribution in [0, 0.1) is 18.1 Å². The SMILES string of the molecule is COc1cc(F)ccc1-c1cc#cnc1Oc1ccc(C(F)(F)Cn2ccnc2)nc1. The van der Waals surface area contributed by atoms with Gasteiger partial charge in [-0.15, -0.1) is 0 Å². The Hall–Kier alpha value is -4.06. The van der Waals surface area contributed by atoms with Gasteiger partial charge in [0.2, 0.25) is 5.88 Å². The van der Waals surface area contributed by atoms with Crippen molar-refractivity contribution < 1.29 is 22.6 Å². The second-order valence-corrected chi connectivity index (χ2v) is 6.50. The van der Waals surface area contributed by atoms with Crippen LogP contribution in [0.25, 0.3) is 11.1 Å². The topological polar surface area (TPSA) is 62.1 Å². The lowest BCUT2D eigenvalue weighted by Crippen LogP contribution is -2.22. The molecule has 0 aliphatic carbocycles. The molecule has 0 fully saturated rings. The summed E-state index contributed by atoms with van der Waals surface area (Å²) in [5.41, 5.74) is 0.577. The van der Waals surface area contributed by atoms with Crippen molar-refractivity contribution in [3.05, 3.63) is 85.1 Å². The van der Waals surface area contributed by atoms with Gasteiger partial charge in [0.25, 0.3) is 0 Å². The van der Waals surface area contributed by atoms with Gasteiger partial charge in [-0.1, -0.05) is 0 Å². The number of halogens is 3. The molecule has 3 aromatic heterocycles. The molecule has 6 nitrogen and oxygen atoms in total. The Bertz CT molecular complexity index is 1170. The van der Waals surface area contributed by atoms with Gasteiger partial charge in [-0.05, 0) is 30.3 Å². The molecule has 9 heteroatoms. The number of aromatic nitrogens is 4. The maximum Gasteiger partial charge on any atom is 0.307 e. The third-order valence-electron chi connectivity index (χ3n) is 4.39. The average molecular weight is 424 g/mol. The Morgan fingerprint density at radius 3 is 2.74 bits per heavy atom. The summed E-state index contributed by atoms with van der Waals surface area (Å²) in [6.07, 6.45) is 7.90. The second kappa shape index (κ2) is 8.36. The van der Waals surface area contributed by atoms with Crippen molar-refractivity contribution in [2.45, 2.75) is 12.5 Å². The maximum absolute atomic E-state index is 14.5. The maximum atomic E-state index is 14.5. The lowest BCUT2D eigenvalue weighted by atomic mass is 10.1. The van der Waals surface area contributed by atoms with Crippen molar-refractivity contribution in [2.24, 2.45) is 0 Å². The molecule has 0 bridgehead atoms. The Morgan fingerprint density at radius 2 is 2.03 bits per heavy atom. The van der Waals surface area contributed by atoms with Crippen LogP contribution in [0.4, 0.5) is 13.2 Å². The van der Waals surface area contributed by atoms with Gasteiger partial charge in [-0.2, -0.15) is 13.8 Å². The van der Waals surface area contributed by atoms with Crippen LogP contribution in [0.5, 0.6) is 17.4 Å². The van der Waals surface area contributed by atoms with Gasteiger partial charge in [0.05, 0.1) is 31.7 Å². The zero-order valence-electron chi connectivity index (χ0n) is 16.2. The molecule has 0 saturated carbocycles. The van der Waals surface area contributed by atoms with Crippen molar-refractivity contribution >= 4 is 0 Å². The monoisotopic (exact) mass is 424 g/mol. The third kappa shape index (κ3) is 4.43. The molecule has 0 aliphatic rings. The first kappa shape index (κ1) is 20.2. The molecule has 0 aliphatic heterocycles. The van der Waals surface area contributed by atoms with E-state index in [1.165, 1.54) is 66.9 Å². The van der Waals surface area contributed by atoms with Crippen LogP contribution in [0.2, 0.25) is 0 Å². The first-order chi connectivity index (χ1) is 15.0. The summed E-state index contributed by atoms with van der Waals surface area (Å²) in [6.45, 7) is -0.584. The van der Waals surface area contributed by atoms with Crippen molar-refractivity contribution in [3.8, 4) is 28.5 Å². The predicted molar refractivity (Wildman–Crippen MR) is 104 cm³/mol. The van der Waals surface area contributed by atoms with E-state index in [1.54, 1.807) is 6.07 Å². The lowest BCUT2D eigenvalue weighted by Gasteiger charge is -2.16. The van der Waals surface area contributed by atoms with Gasteiger partial charge in [0, 0.05) is 36.3 Å². The number of alkyl halides is 2. The molecule has 0 radical (unpaired) electrons. The van der Waals surface area contributed by atoms with E-state index in [2.05, 4.69) is 27.2 Å². The highest BCUT2D eigenvalue weighted by Crippen LogP contribution is 2.37. The zero-order chi connectivity index (χ0) is 21.8. The average Bonchev–Trinajstić information content (AvgIpc) is 3.27. The molecular weight excluding hydrogens is 409 g/mol. The van der Waals surface area contributed by atoms with Gasteiger partial charge < -0.3 is 14.0 Å². The summed E-state index contributed by atoms with van der Waals surface area (Å²) >= 11 is 0. The van der Waals surface area contributed by atoms with Gasteiger partial charge >= 0.3 is 5.92 Å². The van der Waals surface area contributed by atoms with Crippen LogP contribution in [0.15, 0.2) is 61.3 Å². The van der Waals surface area contributed by atoms with Crippen LogP contribution < -0.4 is 9.47 Å². The van der Waals surface area contributed by atoms with E-state index in [9.17, 15) is 13.2 Å². The van der Waals surface area contributed by atoms with Gasteiger partial charge in [-0.25, -0.2) is 9.37 Å². The van der Waals surface area contributed by atoms with Crippen molar-refractivity contribution in [1.82, 2.24) is 19.5 Å². The smallest absolute Gasteiger partial charge is 0.307 e. The number of benzene rings is 1. The highest BCUT2D eigenvalue weighted by Gasteiger charge is 2.33. The summed E-state index contributed by atoms with van der Waals surface area (Å²) in [5.74, 6) is -3.07. The van der Waals surface area contributed by atoms with Crippen LogP contribution in [-0.4, -0.2) is 26.6 Å². The fourth-order valence-corrected chi connectivity index (χ4v) is 2.93. The summed E-state index contributed by atoms with van der Waals surface area (Å²) in [5, 5.41) is 0. The van der Waals surface area contributed by atoms with Crippen LogP contribution in [0.1, 0.15) is 5.69 Å². The molecule has 0 amide bonds. The molecule has 1 aromatic carbocycles. The molecule has 156 valence electrons. The number of hydrogen-bond donors (Lipinski definition) is 0. The summed E-state index contributed by atoms with van der Waals surface area (Å²) in [6, 6.07) is 10.8. The van der Waals surface area contributed by atoms with E-state index >= 15 is 0 Å². The van der Waals surface area contributed by atoms with Crippen LogP contribution in [-0.2, 0) is 12.5 Å². The van der Waals surface area contributed by atoms with Gasteiger partial charge in [0.1, 0.15) is 23.0 Å². The predicted octanol–water partition coefficient (Wildman–Crippen LogP) is 4.67. The highest BCUT2D eigenvalue weighted by atomic mass is 19.3. The van der Waals surface area contributed by atoms with Crippen LogP contribution in [0.3, 0.4) is 0 Å². The number of pyridine rings is 1. The Labute approximate surface area is 175 Å². The molecule has 0 unspecified atom stereocenters. The first-order valence-electron chi connectivity index (χ1n) is 9.07. The number of imidazole rings is 1. The molecule has 3 heterocycles. The fourth-order valence-electron chi connectivity index (χ4n) is 2.93. The number of rotatable bonds is 7. The number of hydrogen-bond acceptors (Lipinski definition) is 5. The highest BCUT2D eigenvalue weighted by molar-refractivity contribution is 5.74. The molecule has 0 atom stereocenters. The number of nitrogens with zero attached hydrogens (tertiary/aromatic N) is 4. The number of ether oxygens (including phenoxy) is 2. The quantitative estimate of drug-likeness (QED) is 0.431. The van der Waals surface area contributed by atoms with E-state index < -0.39 is 24.0 Å². The minimum absolute atomic E-state index is 0.114. The van der Waals surface area contributed by atoms with E-state index in [-0.39, 0.29) is 17.4 Å². The largest absolute Gasteiger partial charge is 0.496 e. The zero-order valence-corrected chi connectivity index (χ0v) is 16.2. The molecule has 31 heavy (non-hydrogen) atoms. The summed E-state index contributed by atoms with van der Waals surface area (Å²) in [7, 11) is 1.41. The van der Waals surface area contributed by atoms with Crippen LogP contribution >= 0.6 is 0 Å². The normalized spacial score (nSPS) is 11.1. The Morgan fingerprint density at radius 1 is 1.16 bits per heavy atom. The summed E-state index contributed by atoms with van der Waals surface area (Å²) in [4.78, 5) is 11.6. The first-order valence-corrected chi connectivity index (χ1v) is 9.07. The van der Waals surface area contributed by atoms with E-state index in [4.69, 9.17) is 9.47 Å². The number of methoxy groups -OCH3 is 1. The van der Waals surface area contributed by atoms with E-state index in [0.29, 0.717) is 11.1 Å². The molecule has 0 spiro atoms. The van der Waals surface area contributed by atoms with Crippen molar-refractivity contribution in [3.63, 3.8) is 0 Å². The molecule has 0 N–H and O–H groups in total. The lowest BCUT2D eigenvalue weighted by molar-refractivity contribution is -0.0266. The molecule has 0 saturated heterocycles. The Kier molecular flexibility index (Phi) is 5.45. The Balaban J connectivity index is 1.58. The van der Waals surface area contributed by atoms with Gasteiger partial charge in [0.15, 0.2) is 0 Å². The second-order valence-electron chi connectivity index (χ2n) is 6.50. The minimum Gasteiger partial charge on any atom is -0.496 e. The molecule has 4 aromatic rings. The fraction of sp³-hybridized carbons (Fsp3) is 0.136. The summed E-state index contributed by atoms with van der Waals surface area (Å²) < 4.78 is 54.7. The minimum atomic E-state index is -3.19. The molecular formula is C22H15F3N4O2. The van der Waals surface area contributed by atoms with Crippen molar-refractivity contribution in [2.75, 3.05) is 7.11 Å². The van der Waals surface area contributed by atoms with E-state index in [0.717, 1.165) is 0 Å².